The van der Waals surface area contributed by atoms with E-state index in [4.69, 9.17) is 16.3 Å². The molecule has 2 aromatic carbocycles. The van der Waals surface area contributed by atoms with Crippen LogP contribution < -0.4 is 5.56 Å². The topological polar surface area (TPSA) is 60.7 Å². The number of esters is 1. The van der Waals surface area contributed by atoms with Gasteiger partial charge in [0, 0.05) is 17.3 Å². The number of ether oxygens (including phenoxy) is 1. The van der Waals surface area contributed by atoms with E-state index in [-0.39, 0.29) is 18.1 Å². The lowest BCUT2D eigenvalue weighted by Gasteiger charge is -2.17. The van der Waals surface area contributed by atoms with Gasteiger partial charge in [-0.2, -0.15) is 0 Å². The molecule has 0 aliphatic rings. The van der Waals surface area contributed by atoms with Crippen LogP contribution in [0.3, 0.4) is 0 Å². The number of hydrogen-bond acceptors (Lipinski definition) is 4. The summed E-state index contributed by atoms with van der Waals surface area (Å²) in [5, 5.41) is 0.645. The van der Waals surface area contributed by atoms with Crippen LogP contribution in [0.1, 0.15) is 28.3 Å². The molecule has 0 aliphatic carbocycles. The monoisotopic (exact) mass is 432 g/mol. The van der Waals surface area contributed by atoms with E-state index in [0.29, 0.717) is 22.8 Å². The summed E-state index contributed by atoms with van der Waals surface area (Å²) in [6, 6.07) is 22.0. The van der Waals surface area contributed by atoms with Crippen LogP contribution >= 0.6 is 11.6 Å². The zero-order chi connectivity index (χ0) is 21.8. The van der Waals surface area contributed by atoms with Gasteiger partial charge in [-0.25, -0.2) is 4.98 Å². The van der Waals surface area contributed by atoms with Gasteiger partial charge in [0.05, 0.1) is 11.6 Å². The second kappa shape index (κ2) is 9.14. The van der Waals surface area contributed by atoms with Gasteiger partial charge < -0.3 is 4.74 Å². The summed E-state index contributed by atoms with van der Waals surface area (Å²) in [6.07, 6.45) is 2.21. The second-order valence-electron chi connectivity index (χ2n) is 7.42. The molecule has 6 heteroatoms. The van der Waals surface area contributed by atoms with Gasteiger partial charge in [-0.3, -0.25) is 14.0 Å². The van der Waals surface area contributed by atoms with Gasteiger partial charge in [-0.1, -0.05) is 60.1 Å². The number of halogens is 1. The fourth-order valence-electron chi connectivity index (χ4n) is 3.46. The predicted molar refractivity (Wildman–Crippen MR) is 120 cm³/mol. The number of nitrogens with zero attached hydrogens (tertiary/aromatic N) is 2. The van der Waals surface area contributed by atoms with Crippen molar-refractivity contribution in [3.63, 3.8) is 0 Å². The summed E-state index contributed by atoms with van der Waals surface area (Å²) in [5.74, 6) is -0.848. The van der Waals surface area contributed by atoms with E-state index in [0.717, 1.165) is 16.7 Å². The number of aromatic nitrogens is 2. The Bertz CT molecular complexity index is 1270. The van der Waals surface area contributed by atoms with E-state index in [9.17, 15) is 9.59 Å². The minimum absolute atomic E-state index is 0.0671. The highest BCUT2D eigenvalue weighted by atomic mass is 35.5. The third kappa shape index (κ3) is 5.01. The normalized spacial score (nSPS) is 11.9. The Kier molecular flexibility index (Phi) is 6.14. The molecule has 4 rings (SSSR count). The summed E-state index contributed by atoms with van der Waals surface area (Å²) in [6.45, 7) is 1.84. The first kappa shape index (κ1) is 20.8. The van der Waals surface area contributed by atoms with E-state index in [1.54, 1.807) is 24.4 Å². The lowest BCUT2D eigenvalue weighted by atomic mass is 9.92. The van der Waals surface area contributed by atoms with E-state index in [1.807, 2.05) is 55.5 Å². The average Bonchev–Trinajstić information content (AvgIpc) is 2.78. The molecule has 0 saturated heterocycles. The summed E-state index contributed by atoms with van der Waals surface area (Å²) >= 11 is 5.98. The molecule has 2 heterocycles. The molecule has 5 nitrogen and oxygen atoms in total. The smallest absolute Gasteiger partial charge is 0.314 e. The van der Waals surface area contributed by atoms with E-state index < -0.39 is 5.92 Å². The highest BCUT2D eigenvalue weighted by molar-refractivity contribution is 6.30. The van der Waals surface area contributed by atoms with Crippen LogP contribution in [0.25, 0.3) is 5.65 Å². The van der Waals surface area contributed by atoms with Crippen molar-refractivity contribution >= 4 is 23.2 Å². The van der Waals surface area contributed by atoms with Crippen LogP contribution in [0, 0.1) is 6.92 Å². The van der Waals surface area contributed by atoms with Gasteiger partial charge in [0.25, 0.3) is 5.56 Å². The molecule has 0 N–H and O–H groups in total. The Morgan fingerprint density at radius 3 is 2.55 bits per heavy atom. The van der Waals surface area contributed by atoms with Gasteiger partial charge in [-0.05, 0) is 48.2 Å². The lowest BCUT2D eigenvalue weighted by Crippen LogP contribution is -2.20. The maximum atomic E-state index is 13.0. The molecule has 2 aromatic heterocycles. The van der Waals surface area contributed by atoms with Crippen LogP contribution in [0.5, 0.6) is 0 Å². The average molecular weight is 433 g/mol. The lowest BCUT2D eigenvalue weighted by molar-refractivity contribution is -0.147. The SMILES string of the molecule is Cc1ccc2nc(COC(=O)C(Cc3ccc(Cl)cc3)c3ccccc3)cc(=O)n2c1. The highest BCUT2D eigenvalue weighted by Gasteiger charge is 2.23. The molecule has 0 radical (unpaired) electrons. The van der Waals surface area contributed by atoms with Crippen LogP contribution in [-0.2, 0) is 22.6 Å². The fraction of sp³-hybridized carbons (Fsp3) is 0.160. The maximum Gasteiger partial charge on any atom is 0.314 e. The first-order valence-electron chi connectivity index (χ1n) is 9.94. The Hall–Kier alpha value is -3.44. The van der Waals surface area contributed by atoms with E-state index >= 15 is 0 Å². The molecule has 0 bridgehead atoms. The van der Waals surface area contributed by atoms with Crippen molar-refractivity contribution in [3.05, 3.63) is 117 Å². The number of hydrogen-bond donors (Lipinski definition) is 0. The van der Waals surface area contributed by atoms with Crippen molar-refractivity contribution in [3.8, 4) is 0 Å². The second-order valence-corrected chi connectivity index (χ2v) is 7.86. The highest BCUT2D eigenvalue weighted by Crippen LogP contribution is 2.24. The quantitative estimate of drug-likeness (QED) is 0.413. The van der Waals surface area contributed by atoms with Crippen molar-refractivity contribution in [2.75, 3.05) is 0 Å². The molecule has 0 fully saturated rings. The summed E-state index contributed by atoms with van der Waals surface area (Å²) < 4.78 is 7.07. The Morgan fingerprint density at radius 1 is 1.06 bits per heavy atom. The molecular formula is C25H21ClN2O3. The zero-order valence-corrected chi connectivity index (χ0v) is 17.8. The van der Waals surface area contributed by atoms with Gasteiger partial charge in [0.15, 0.2) is 0 Å². The number of rotatable bonds is 6. The molecule has 1 atom stereocenters. The predicted octanol–water partition coefficient (Wildman–Crippen LogP) is 4.73. The Morgan fingerprint density at radius 2 is 1.81 bits per heavy atom. The molecule has 1 unspecified atom stereocenters. The van der Waals surface area contributed by atoms with Crippen molar-refractivity contribution in [2.45, 2.75) is 25.9 Å². The van der Waals surface area contributed by atoms with Crippen LogP contribution in [0.15, 0.2) is 83.8 Å². The van der Waals surface area contributed by atoms with Gasteiger partial charge in [0.2, 0.25) is 0 Å². The van der Waals surface area contributed by atoms with Gasteiger partial charge in [0.1, 0.15) is 12.3 Å². The third-order valence-corrected chi connectivity index (χ3v) is 5.31. The number of aryl methyl sites for hydroxylation is 1. The number of carbonyl (C=O) groups excluding carboxylic acids is 1. The molecule has 156 valence electrons. The number of fused-ring (bicyclic) bond motifs is 1. The van der Waals surface area contributed by atoms with Crippen molar-refractivity contribution < 1.29 is 9.53 Å². The van der Waals surface area contributed by atoms with E-state index in [1.165, 1.54) is 10.5 Å². The molecule has 4 aromatic rings. The molecule has 0 amide bonds. The standard InChI is InChI=1S/C25H21ClN2O3/c1-17-7-12-23-27-21(14-24(29)28(23)15-17)16-31-25(30)22(19-5-3-2-4-6-19)13-18-8-10-20(26)11-9-18/h2-12,14-15,22H,13,16H2,1H3. The largest absolute Gasteiger partial charge is 0.459 e. The minimum atomic E-state index is -0.480. The third-order valence-electron chi connectivity index (χ3n) is 5.06. The fourth-order valence-corrected chi connectivity index (χ4v) is 3.58. The van der Waals surface area contributed by atoms with Crippen molar-refractivity contribution in [1.82, 2.24) is 9.38 Å². The first-order chi connectivity index (χ1) is 15.0. The zero-order valence-electron chi connectivity index (χ0n) is 17.0. The molecule has 0 spiro atoms. The molecule has 0 saturated carbocycles. The molecule has 0 aliphatic heterocycles. The van der Waals surface area contributed by atoms with Gasteiger partial charge >= 0.3 is 5.97 Å². The number of benzene rings is 2. The maximum absolute atomic E-state index is 13.0. The molecular weight excluding hydrogens is 412 g/mol. The van der Waals surface area contributed by atoms with Crippen LogP contribution in [0.2, 0.25) is 5.02 Å². The van der Waals surface area contributed by atoms with E-state index in [2.05, 4.69) is 4.98 Å². The Balaban J connectivity index is 1.55. The van der Waals surface area contributed by atoms with Gasteiger partial charge in [-0.15, -0.1) is 0 Å². The van der Waals surface area contributed by atoms with Crippen LogP contribution in [-0.4, -0.2) is 15.4 Å². The molecule has 31 heavy (non-hydrogen) atoms. The van der Waals surface area contributed by atoms with Crippen molar-refractivity contribution in [2.24, 2.45) is 0 Å². The summed E-state index contributed by atoms with van der Waals surface area (Å²) in [5.41, 5.74) is 3.53. The summed E-state index contributed by atoms with van der Waals surface area (Å²) in [7, 11) is 0. The Labute approximate surface area is 184 Å². The minimum Gasteiger partial charge on any atom is -0.459 e. The van der Waals surface area contributed by atoms with Crippen LogP contribution in [0.4, 0.5) is 0 Å². The first-order valence-corrected chi connectivity index (χ1v) is 10.3. The van der Waals surface area contributed by atoms with Crippen molar-refractivity contribution in [1.29, 1.82) is 0 Å². The number of carbonyl (C=O) groups is 1. The summed E-state index contributed by atoms with van der Waals surface area (Å²) in [4.78, 5) is 29.9. The number of pyridine rings is 1.